The molecule has 0 unspecified atom stereocenters. The van der Waals surface area contributed by atoms with Crippen LogP contribution in [0, 0.1) is 0 Å². The SMILES string of the molecule is CCCCCC(=O)N(CCOC)Cc1nc(C(=O)OCC)cs1. The Kier molecular flexibility index (Phi) is 9.47. The van der Waals surface area contributed by atoms with Gasteiger partial charge >= 0.3 is 5.97 Å². The van der Waals surface area contributed by atoms with Crippen molar-refractivity contribution in [2.24, 2.45) is 0 Å². The number of thiazole rings is 1. The summed E-state index contributed by atoms with van der Waals surface area (Å²) >= 11 is 1.36. The first-order chi connectivity index (χ1) is 11.1. The number of rotatable bonds is 11. The molecule has 0 N–H and O–H groups in total. The van der Waals surface area contributed by atoms with E-state index >= 15 is 0 Å². The molecular formula is C16H26N2O4S. The van der Waals surface area contributed by atoms with Crippen molar-refractivity contribution in [1.29, 1.82) is 0 Å². The van der Waals surface area contributed by atoms with Gasteiger partial charge in [-0.05, 0) is 13.3 Å². The Morgan fingerprint density at radius 2 is 2.09 bits per heavy atom. The van der Waals surface area contributed by atoms with Crippen LogP contribution in [0.15, 0.2) is 5.38 Å². The highest BCUT2D eigenvalue weighted by Crippen LogP contribution is 2.15. The van der Waals surface area contributed by atoms with E-state index in [1.54, 1.807) is 24.3 Å². The second-order valence-electron chi connectivity index (χ2n) is 5.11. The van der Waals surface area contributed by atoms with E-state index in [4.69, 9.17) is 9.47 Å². The fraction of sp³-hybridized carbons (Fsp3) is 0.688. The zero-order valence-electron chi connectivity index (χ0n) is 14.2. The van der Waals surface area contributed by atoms with Crippen molar-refractivity contribution >= 4 is 23.2 Å². The summed E-state index contributed by atoms with van der Waals surface area (Å²) in [6.45, 7) is 5.59. The summed E-state index contributed by atoms with van der Waals surface area (Å²) in [4.78, 5) is 30.0. The molecule has 1 rings (SSSR count). The molecule has 1 heterocycles. The van der Waals surface area contributed by atoms with Gasteiger partial charge in [0.1, 0.15) is 5.01 Å². The molecular weight excluding hydrogens is 316 g/mol. The topological polar surface area (TPSA) is 68.7 Å². The van der Waals surface area contributed by atoms with Gasteiger partial charge in [0.15, 0.2) is 5.69 Å². The molecule has 0 saturated heterocycles. The van der Waals surface area contributed by atoms with E-state index < -0.39 is 5.97 Å². The number of carbonyl (C=O) groups excluding carboxylic acids is 2. The van der Waals surface area contributed by atoms with E-state index in [1.807, 2.05) is 0 Å². The zero-order chi connectivity index (χ0) is 17.1. The highest BCUT2D eigenvalue weighted by Gasteiger charge is 2.17. The molecule has 7 heteroatoms. The van der Waals surface area contributed by atoms with Gasteiger partial charge in [-0.1, -0.05) is 19.8 Å². The molecule has 0 fully saturated rings. The number of esters is 1. The first-order valence-corrected chi connectivity index (χ1v) is 8.88. The van der Waals surface area contributed by atoms with Crippen LogP contribution in [0.25, 0.3) is 0 Å². The summed E-state index contributed by atoms with van der Waals surface area (Å²) in [6, 6.07) is 0. The summed E-state index contributed by atoms with van der Waals surface area (Å²) in [5.74, 6) is -0.323. The molecule has 1 aromatic heterocycles. The highest BCUT2D eigenvalue weighted by atomic mass is 32.1. The fourth-order valence-corrected chi connectivity index (χ4v) is 2.80. The van der Waals surface area contributed by atoms with Crippen molar-refractivity contribution in [2.75, 3.05) is 26.9 Å². The molecule has 0 aliphatic carbocycles. The standard InChI is InChI=1S/C16H26N2O4S/c1-4-6-7-8-15(19)18(9-10-21-3)11-14-17-13(12-23-14)16(20)22-5-2/h12H,4-11H2,1-3H3. The van der Waals surface area contributed by atoms with Gasteiger partial charge < -0.3 is 14.4 Å². The molecule has 130 valence electrons. The Bertz CT molecular complexity index is 490. The number of methoxy groups -OCH3 is 1. The van der Waals surface area contributed by atoms with Gasteiger partial charge in [-0.3, -0.25) is 4.79 Å². The van der Waals surface area contributed by atoms with Crippen molar-refractivity contribution in [3.05, 3.63) is 16.1 Å². The van der Waals surface area contributed by atoms with E-state index in [-0.39, 0.29) is 5.91 Å². The summed E-state index contributed by atoms with van der Waals surface area (Å²) in [5.41, 5.74) is 0.303. The third-order valence-corrected chi connectivity index (χ3v) is 4.11. The van der Waals surface area contributed by atoms with Crippen LogP contribution in [0.2, 0.25) is 0 Å². The van der Waals surface area contributed by atoms with Crippen LogP contribution >= 0.6 is 11.3 Å². The molecule has 0 atom stereocenters. The maximum absolute atomic E-state index is 12.3. The van der Waals surface area contributed by atoms with E-state index in [0.717, 1.165) is 24.3 Å². The molecule has 0 aliphatic heterocycles. The van der Waals surface area contributed by atoms with Gasteiger partial charge in [-0.15, -0.1) is 11.3 Å². The largest absolute Gasteiger partial charge is 0.461 e. The number of aromatic nitrogens is 1. The smallest absolute Gasteiger partial charge is 0.357 e. The van der Waals surface area contributed by atoms with Crippen LogP contribution in [0.4, 0.5) is 0 Å². The van der Waals surface area contributed by atoms with Gasteiger partial charge in [0.05, 0.1) is 19.8 Å². The number of hydrogen-bond donors (Lipinski definition) is 0. The third kappa shape index (κ3) is 7.09. The Morgan fingerprint density at radius 3 is 2.74 bits per heavy atom. The number of amides is 1. The quantitative estimate of drug-likeness (QED) is 0.457. The second kappa shape index (κ2) is 11.1. The number of unbranched alkanes of at least 4 members (excludes halogenated alkanes) is 2. The van der Waals surface area contributed by atoms with Crippen LogP contribution in [0.3, 0.4) is 0 Å². The molecule has 0 bridgehead atoms. The normalized spacial score (nSPS) is 10.6. The van der Waals surface area contributed by atoms with Crippen LogP contribution in [0.5, 0.6) is 0 Å². The Labute approximate surface area is 141 Å². The van der Waals surface area contributed by atoms with Crippen LogP contribution in [0.1, 0.15) is 55.0 Å². The Morgan fingerprint density at radius 1 is 1.30 bits per heavy atom. The van der Waals surface area contributed by atoms with Crippen molar-refractivity contribution in [3.8, 4) is 0 Å². The van der Waals surface area contributed by atoms with Gasteiger partial charge in [-0.25, -0.2) is 9.78 Å². The Hall–Kier alpha value is -1.47. The third-order valence-electron chi connectivity index (χ3n) is 3.27. The predicted molar refractivity (Wildman–Crippen MR) is 89.5 cm³/mol. The molecule has 0 aliphatic rings. The molecule has 0 radical (unpaired) electrons. The van der Waals surface area contributed by atoms with Crippen LogP contribution in [-0.2, 0) is 20.8 Å². The minimum Gasteiger partial charge on any atom is -0.461 e. The Balaban J connectivity index is 2.65. The van der Waals surface area contributed by atoms with E-state index in [9.17, 15) is 9.59 Å². The lowest BCUT2D eigenvalue weighted by atomic mass is 10.2. The maximum atomic E-state index is 12.3. The van der Waals surface area contributed by atoms with Crippen LogP contribution in [-0.4, -0.2) is 48.6 Å². The van der Waals surface area contributed by atoms with Gasteiger partial charge in [0, 0.05) is 25.5 Å². The molecule has 0 spiro atoms. The van der Waals surface area contributed by atoms with Crippen molar-refractivity contribution in [2.45, 2.75) is 46.1 Å². The first-order valence-electron chi connectivity index (χ1n) is 8.00. The van der Waals surface area contributed by atoms with Crippen LogP contribution < -0.4 is 0 Å². The summed E-state index contributed by atoms with van der Waals surface area (Å²) in [7, 11) is 1.61. The average Bonchev–Trinajstić information content (AvgIpc) is 3.00. The van der Waals surface area contributed by atoms with Crippen molar-refractivity contribution in [3.63, 3.8) is 0 Å². The van der Waals surface area contributed by atoms with E-state index in [1.165, 1.54) is 11.3 Å². The summed E-state index contributed by atoms with van der Waals surface area (Å²) < 4.78 is 10.0. The molecule has 23 heavy (non-hydrogen) atoms. The highest BCUT2D eigenvalue weighted by molar-refractivity contribution is 7.09. The molecule has 1 aromatic rings. The fourth-order valence-electron chi connectivity index (χ4n) is 2.02. The van der Waals surface area contributed by atoms with E-state index in [0.29, 0.717) is 38.4 Å². The van der Waals surface area contributed by atoms with Gasteiger partial charge in [-0.2, -0.15) is 0 Å². The van der Waals surface area contributed by atoms with Gasteiger partial charge in [0.2, 0.25) is 5.91 Å². The van der Waals surface area contributed by atoms with Gasteiger partial charge in [0.25, 0.3) is 0 Å². The minimum atomic E-state index is -0.423. The van der Waals surface area contributed by atoms with Crippen molar-refractivity contribution < 1.29 is 19.1 Å². The minimum absolute atomic E-state index is 0.100. The molecule has 0 saturated carbocycles. The number of nitrogens with zero attached hydrogens (tertiary/aromatic N) is 2. The van der Waals surface area contributed by atoms with E-state index in [2.05, 4.69) is 11.9 Å². The molecule has 1 amide bonds. The number of hydrogen-bond acceptors (Lipinski definition) is 6. The average molecular weight is 342 g/mol. The number of ether oxygens (including phenoxy) is 2. The predicted octanol–water partition coefficient (Wildman–Crippen LogP) is 2.88. The lowest BCUT2D eigenvalue weighted by Crippen LogP contribution is -2.33. The second-order valence-corrected chi connectivity index (χ2v) is 6.05. The lowest BCUT2D eigenvalue weighted by molar-refractivity contribution is -0.132. The monoisotopic (exact) mass is 342 g/mol. The first kappa shape index (κ1) is 19.6. The molecule has 0 aromatic carbocycles. The summed E-state index contributed by atoms with van der Waals surface area (Å²) in [6.07, 6.45) is 3.56. The zero-order valence-corrected chi connectivity index (χ0v) is 15.0. The molecule has 6 nitrogen and oxygen atoms in total. The summed E-state index contributed by atoms with van der Waals surface area (Å²) in [5, 5.41) is 2.40. The lowest BCUT2D eigenvalue weighted by Gasteiger charge is -2.21. The number of carbonyl (C=O) groups is 2. The van der Waals surface area contributed by atoms with Crippen molar-refractivity contribution in [1.82, 2.24) is 9.88 Å². The maximum Gasteiger partial charge on any atom is 0.357 e.